The summed E-state index contributed by atoms with van der Waals surface area (Å²) in [5.74, 6) is -0.566. The van der Waals surface area contributed by atoms with Crippen LogP contribution >= 0.6 is 23.2 Å². The molecular formula is C13H16Cl2FNO. The van der Waals surface area contributed by atoms with Gasteiger partial charge >= 0.3 is 0 Å². The second-order valence-electron chi connectivity index (χ2n) is 4.46. The molecule has 0 saturated carbocycles. The predicted octanol–water partition coefficient (Wildman–Crippen LogP) is 4.50. The highest BCUT2D eigenvalue weighted by atomic mass is 35.5. The summed E-state index contributed by atoms with van der Waals surface area (Å²) in [5, 5.41) is 3.28. The highest BCUT2D eigenvalue weighted by Gasteiger charge is 2.14. The third-order valence-corrected chi connectivity index (χ3v) is 3.59. The first-order valence-electron chi connectivity index (χ1n) is 6.17. The number of hydrogen-bond donors (Lipinski definition) is 1. The van der Waals surface area contributed by atoms with Crippen molar-refractivity contribution in [1.29, 1.82) is 0 Å². The fraction of sp³-hybridized carbons (Fsp3) is 0.538. The van der Waals surface area contributed by atoms with E-state index in [0.717, 1.165) is 38.1 Å². The van der Waals surface area contributed by atoms with Crippen LogP contribution in [0.4, 0.5) is 10.1 Å². The van der Waals surface area contributed by atoms with Crippen molar-refractivity contribution >= 4 is 28.9 Å². The van der Waals surface area contributed by atoms with Crippen LogP contribution in [0.25, 0.3) is 0 Å². The number of ether oxygens (including phenoxy) is 1. The standard InChI is InChI=1S/C13H16Cl2FNO/c14-11-7-9(8-12(15)13(11)16)17-5-1-3-10-4-2-6-18-10/h7-8,10,17H,1-6H2. The topological polar surface area (TPSA) is 21.3 Å². The van der Waals surface area contributed by atoms with Gasteiger partial charge in [0.25, 0.3) is 0 Å². The van der Waals surface area contributed by atoms with E-state index in [0.29, 0.717) is 6.10 Å². The molecule has 1 aliphatic rings. The van der Waals surface area contributed by atoms with E-state index in [4.69, 9.17) is 27.9 Å². The maximum Gasteiger partial charge on any atom is 0.160 e. The number of rotatable bonds is 5. The number of hydrogen-bond acceptors (Lipinski definition) is 2. The zero-order valence-electron chi connectivity index (χ0n) is 10.0. The summed E-state index contributed by atoms with van der Waals surface area (Å²) in [6.07, 6.45) is 4.80. The molecule has 1 atom stereocenters. The lowest BCUT2D eigenvalue weighted by molar-refractivity contribution is 0.103. The third-order valence-electron chi connectivity index (χ3n) is 3.04. The molecule has 1 aliphatic heterocycles. The number of anilines is 1. The zero-order valence-corrected chi connectivity index (χ0v) is 11.5. The largest absolute Gasteiger partial charge is 0.385 e. The normalized spacial score (nSPS) is 19.2. The number of halogens is 3. The van der Waals surface area contributed by atoms with Crippen LogP contribution in [0.3, 0.4) is 0 Å². The van der Waals surface area contributed by atoms with Gasteiger partial charge in [-0.15, -0.1) is 0 Å². The minimum Gasteiger partial charge on any atom is -0.385 e. The summed E-state index contributed by atoms with van der Waals surface area (Å²) in [4.78, 5) is 0. The minimum absolute atomic E-state index is 0.0455. The molecule has 1 unspecified atom stereocenters. The van der Waals surface area contributed by atoms with E-state index in [2.05, 4.69) is 5.32 Å². The molecule has 5 heteroatoms. The Hall–Kier alpha value is -0.510. The van der Waals surface area contributed by atoms with Gasteiger partial charge in [-0.2, -0.15) is 0 Å². The molecule has 0 spiro atoms. The Labute approximate surface area is 116 Å². The lowest BCUT2D eigenvalue weighted by Gasteiger charge is -2.11. The molecule has 1 fully saturated rings. The smallest absolute Gasteiger partial charge is 0.160 e. The van der Waals surface area contributed by atoms with Crippen LogP contribution in [-0.4, -0.2) is 19.3 Å². The molecule has 1 aromatic carbocycles. The first kappa shape index (κ1) is 13.9. The fourth-order valence-corrected chi connectivity index (χ4v) is 2.58. The number of nitrogens with one attached hydrogen (secondary N) is 1. The molecule has 0 radical (unpaired) electrons. The van der Waals surface area contributed by atoms with Gasteiger partial charge in [0.1, 0.15) is 0 Å². The van der Waals surface area contributed by atoms with Gasteiger partial charge < -0.3 is 10.1 Å². The zero-order chi connectivity index (χ0) is 13.0. The average Bonchev–Trinajstić information content (AvgIpc) is 2.84. The van der Waals surface area contributed by atoms with Crippen molar-refractivity contribution in [2.45, 2.75) is 31.8 Å². The Bertz CT molecular complexity index is 385. The van der Waals surface area contributed by atoms with Crippen molar-refractivity contribution in [3.8, 4) is 0 Å². The Kier molecular flexibility index (Phi) is 5.10. The lowest BCUT2D eigenvalue weighted by atomic mass is 10.1. The Morgan fingerprint density at radius 2 is 2.06 bits per heavy atom. The van der Waals surface area contributed by atoms with Gasteiger partial charge in [0.15, 0.2) is 5.82 Å². The van der Waals surface area contributed by atoms with Gasteiger partial charge in [0.05, 0.1) is 16.1 Å². The molecule has 1 heterocycles. The Morgan fingerprint density at radius 1 is 1.33 bits per heavy atom. The first-order valence-corrected chi connectivity index (χ1v) is 6.92. The summed E-state index contributed by atoms with van der Waals surface area (Å²) in [5.41, 5.74) is 0.749. The summed E-state index contributed by atoms with van der Waals surface area (Å²) < 4.78 is 18.7. The summed E-state index contributed by atoms with van der Waals surface area (Å²) >= 11 is 11.4. The van der Waals surface area contributed by atoms with Crippen LogP contribution in [0.15, 0.2) is 12.1 Å². The van der Waals surface area contributed by atoms with Crippen molar-refractivity contribution in [1.82, 2.24) is 0 Å². The molecule has 1 saturated heterocycles. The molecule has 100 valence electrons. The molecular weight excluding hydrogens is 276 g/mol. The predicted molar refractivity (Wildman–Crippen MR) is 73.1 cm³/mol. The third kappa shape index (κ3) is 3.74. The molecule has 1 aromatic rings. The lowest BCUT2D eigenvalue weighted by Crippen LogP contribution is -2.09. The first-order chi connectivity index (χ1) is 8.66. The van der Waals surface area contributed by atoms with Crippen molar-refractivity contribution < 1.29 is 9.13 Å². The molecule has 1 N–H and O–H groups in total. The summed E-state index contributed by atoms with van der Waals surface area (Å²) in [7, 11) is 0. The summed E-state index contributed by atoms with van der Waals surface area (Å²) in [6, 6.07) is 3.10. The second kappa shape index (κ2) is 6.60. The van der Waals surface area contributed by atoms with Crippen LogP contribution in [0.1, 0.15) is 25.7 Å². The highest BCUT2D eigenvalue weighted by molar-refractivity contribution is 6.35. The van der Waals surface area contributed by atoms with E-state index in [1.54, 1.807) is 12.1 Å². The van der Waals surface area contributed by atoms with E-state index in [9.17, 15) is 4.39 Å². The number of benzene rings is 1. The SMILES string of the molecule is Fc1c(Cl)cc(NCCCC2CCCO2)cc1Cl. The molecule has 0 aromatic heterocycles. The quantitative estimate of drug-likeness (QED) is 0.637. The van der Waals surface area contributed by atoms with Gasteiger partial charge in [-0.05, 0) is 37.8 Å². The molecule has 2 rings (SSSR count). The van der Waals surface area contributed by atoms with Crippen LogP contribution in [-0.2, 0) is 4.74 Å². The maximum absolute atomic E-state index is 13.2. The van der Waals surface area contributed by atoms with Crippen LogP contribution in [0.5, 0.6) is 0 Å². The van der Waals surface area contributed by atoms with E-state index >= 15 is 0 Å². The maximum atomic E-state index is 13.2. The van der Waals surface area contributed by atoms with Gasteiger partial charge in [0.2, 0.25) is 0 Å². The highest BCUT2D eigenvalue weighted by Crippen LogP contribution is 2.27. The van der Waals surface area contributed by atoms with Crippen molar-refractivity contribution in [3.05, 3.63) is 28.0 Å². The van der Waals surface area contributed by atoms with Crippen molar-refractivity contribution in [3.63, 3.8) is 0 Å². The van der Waals surface area contributed by atoms with Crippen LogP contribution in [0, 0.1) is 5.82 Å². The van der Waals surface area contributed by atoms with Crippen molar-refractivity contribution in [2.75, 3.05) is 18.5 Å². The van der Waals surface area contributed by atoms with Gasteiger partial charge in [0, 0.05) is 18.8 Å². The molecule has 0 bridgehead atoms. The average molecular weight is 292 g/mol. The van der Waals surface area contributed by atoms with Crippen LogP contribution < -0.4 is 5.32 Å². The van der Waals surface area contributed by atoms with Gasteiger partial charge in [-0.3, -0.25) is 0 Å². The minimum atomic E-state index is -0.566. The van der Waals surface area contributed by atoms with Crippen molar-refractivity contribution in [2.24, 2.45) is 0 Å². The van der Waals surface area contributed by atoms with E-state index in [-0.39, 0.29) is 10.0 Å². The van der Waals surface area contributed by atoms with Gasteiger partial charge in [-0.1, -0.05) is 23.2 Å². The van der Waals surface area contributed by atoms with E-state index in [1.165, 1.54) is 6.42 Å². The fourth-order valence-electron chi connectivity index (χ4n) is 2.09. The Balaban J connectivity index is 1.76. The monoisotopic (exact) mass is 291 g/mol. The van der Waals surface area contributed by atoms with E-state index in [1.807, 2.05) is 0 Å². The van der Waals surface area contributed by atoms with Gasteiger partial charge in [-0.25, -0.2) is 4.39 Å². The molecule has 18 heavy (non-hydrogen) atoms. The van der Waals surface area contributed by atoms with E-state index < -0.39 is 5.82 Å². The summed E-state index contributed by atoms with van der Waals surface area (Å²) in [6.45, 7) is 1.69. The molecule has 2 nitrogen and oxygen atoms in total. The second-order valence-corrected chi connectivity index (χ2v) is 5.27. The molecule has 0 amide bonds. The van der Waals surface area contributed by atoms with Crippen LogP contribution in [0.2, 0.25) is 10.0 Å². The Morgan fingerprint density at radius 3 is 2.67 bits per heavy atom. The molecule has 0 aliphatic carbocycles.